The van der Waals surface area contributed by atoms with Crippen molar-refractivity contribution in [2.75, 3.05) is 26.4 Å². The Morgan fingerprint density at radius 3 is 2.93 bits per heavy atom. The Bertz CT molecular complexity index is 252. The van der Waals surface area contributed by atoms with Gasteiger partial charge in [-0.25, -0.2) is 4.63 Å². The lowest BCUT2D eigenvalue weighted by molar-refractivity contribution is 0.0937. The Morgan fingerprint density at radius 2 is 2.29 bits per heavy atom. The van der Waals surface area contributed by atoms with Crippen LogP contribution < -0.4 is 5.32 Å². The number of nitrogens with zero attached hydrogens (tertiary/aromatic N) is 2. The van der Waals surface area contributed by atoms with Gasteiger partial charge in [-0.15, -0.1) is 0 Å². The molecule has 1 rings (SSSR count). The largest absolute Gasteiger partial charge is 0.394 e. The number of aliphatic hydroxyl groups is 1. The molecule has 0 saturated carbocycles. The second kappa shape index (κ2) is 6.47. The second-order valence-electron chi connectivity index (χ2n) is 2.81. The lowest BCUT2D eigenvalue weighted by Crippen LogP contribution is -2.20. The number of aliphatic hydroxyl groups excluding tert-OH is 1. The fraction of sp³-hybridized carbons (Fsp3) is 0.750. The molecule has 1 heterocycles. The molecular formula is C8H15N3O3. The maximum absolute atomic E-state index is 8.43. The second-order valence-corrected chi connectivity index (χ2v) is 2.81. The molecule has 0 saturated heterocycles. The average Bonchev–Trinajstić information content (AvgIpc) is 2.58. The third-order valence-corrected chi connectivity index (χ3v) is 1.70. The molecule has 2 N–H and O–H groups in total. The van der Waals surface area contributed by atoms with Crippen molar-refractivity contribution in [2.45, 2.75) is 13.5 Å². The fourth-order valence-electron chi connectivity index (χ4n) is 0.928. The summed E-state index contributed by atoms with van der Waals surface area (Å²) in [6.45, 7) is 4.20. The van der Waals surface area contributed by atoms with Crippen molar-refractivity contribution >= 4 is 0 Å². The van der Waals surface area contributed by atoms with Crippen LogP contribution in [0.15, 0.2) is 4.63 Å². The van der Waals surface area contributed by atoms with E-state index in [1.165, 1.54) is 0 Å². The molecule has 0 atom stereocenters. The quantitative estimate of drug-likeness (QED) is 0.578. The highest BCUT2D eigenvalue weighted by Gasteiger charge is 2.02. The van der Waals surface area contributed by atoms with Gasteiger partial charge in [0.1, 0.15) is 11.4 Å². The third-order valence-electron chi connectivity index (χ3n) is 1.70. The molecule has 0 aliphatic rings. The van der Waals surface area contributed by atoms with Gasteiger partial charge in [-0.3, -0.25) is 0 Å². The van der Waals surface area contributed by atoms with Gasteiger partial charge in [0.25, 0.3) is 0 Å². The first-order valence-corrected chi connectivity index (χ1v) is 4.52. The van der Waals surface area contributed by atoms with Crippen LogP contribution in [-0.4, -0.2) is 41.8 Å². The summed E-state index contributed by atoms with van der Waals surface area (Å²) in [5.41, 5.74) is 1.61. The SMILES string of the molecule is Cc1nonc1CNCCOCCO. The maximum atomic E-state index is 8.43. The molecule has 80 valence electrons. The van der Waals surface area contributed by atoms with Crippen molar-refractivity contribution in [2.24, 2.45) is 0 Å². The highest BCUT2D eigenvalue weighted by Crippen LogP contribution is 1.98. The topological polar surface area (TPSA) is 80.4 Å². The molecule has 0 amide bonds. The molecule has 0 fully saturated rings. The Morgan fingerprint density at radius 1 is 1.43 bits per heavy atom. The van der Waals surface area contributed by atoms with Gasteiger partial charge in [-0.05, 0) is 6.92 Å². The van der Waals surface area contributed by atoms with Crippen LogP contribution in [-0.2, 0) is 11.3 Å². The normalized spacial score (nSPS) is 10.7. The Balaban J connectivity index is 2.02. The zero-order chi connectivity index (χ0) is 10.2. The van der Waals surface area contributed by atoms with Crippen LogP contribution in [0.5, 0.6) is 0 Å². The minimum absolute atomic E-state index is 0.0618. The Hall–Kier alpha value is -0.980. The number of aromatic nitrogens is 2. The van der Waals surface area contributed by atoms with Crippen LogP contribution in [0.2, 0.25) is 0 Å². The van der Waals surface area contributed by atoms with E-state index in [1.807, 2.05) is 6.92 Å². The first-order chi connectivity index (χ1) is 6.84. The molecule has 0 aliphatic heterocycles. The summed E-state index contributed by atoms with van der Waals surface area (Å²) in [7, 11) is 0. The predicted molar refractivity (Wildman–Crippen MR) is 48.6 cm³/mol. The van der Waals surface area contributed by atoms with E-state index in [2.05, 4.69) is 20.3 Å². The molecule has 0 aromatic carbocycles. The lowest BCUT2D eigenvalue weighted by atomic mass is 10.3. The molecule has 0 radical (unpaired) electrons. The Kier molecular flexibility index (Phi) is 5.13. The summed E-state index contributed by atoms with van der Waals surface area (Å²) >= 11 is 0. The molecule has 6 nitrogen and oxygen atoms in total. The van der Waals surface area contributed by atoms with E-state index in [0.29, 0.717) is 26.3 Å². The average molecular weight is 201 g/mol. The van der Waals surface area contributed by atoms with Crippen molar-refractivity contribution in [3.63, 3.8) is 0 Å². The molecule has 6 heteroatoms. The Labute approximate surface area is 82.2 Å². The molecular weight excluding hydrogens is 186 g/mol. The summed E-state index contributed by atoms with van der Waals surface area (Å²) in [6, 6.07) is 0. The minimum atomic E-state index is 0.0618. The van der Waals surface area contributed by atoms with Gasteiger partial charge in [0, 0.05) is 13.1 Å². The van der Waals surface area contributed by atoms with Gasteiger partial charge >= 0.3 is 0 Å². The van der Waals surface area contributed by atoms with Crippen molar-refractivity contribution in [1.82, 2.24) is 15.6 Å². The minimum Gasteiger partial charge on any atom is -0.394 e. The monoisotopic (exact) mass is 201 g/mol. The summed E-state index contributed by atoms with van der Waals surface area (Å²) < 4.78 is 9.60. The van der Waals surface area contributed by atoms with E-state index in [1.54, 1.807) is 0 Å². The van der Waals surface area contributed by atoms with Crippen LogP contribution in [0.1, 0.15) is 11.4 Å². The van der Waals surface area contributed by atoms with E-state index in [-0.39, 0.29) is 6.61 Å². The van der Waals surface area contributed by atoms with E-state index in [4.69, 9.17) is 9.84 Å². The standard InChI is InChI=1S/C8H15N3O3/c1-7-8(11-14-10-7)6-9-2-4-13-5-3-12/h9,12H,2-6H2,1H3. The van der Waals surface area contributed by atoms with Gasteiger partial charge in [-0.1, -0.05) is 10.3 Å². The van der Waals surface area contributed by atoms with Crippen molar-refractivity contribution < 1.29 is 14.5 Å². The van der Waals surface area contributed by atoms with Gasteiger partial charge in [0.05, 0.1) is 19.8 Å². The lowest BCUT2D eigenvalue weighted by Gasteiger charge is -2.02. The van der Waals surface area contributed by atoms with Crippen LogP contribution in [0.3, 0.4) is 0 Å². The van der Waals surface area contributed by atoms with Gasteiger partial charge in [0.2, 0.25) is 0 Å². The molecule has 0 spiro atoms. The van der Waals surface area contributed by atoms with E-state index in [9.17, 15) is 0 Å². The summed E-state index contributed by atoms with van der Waals surface area (Å²) in [5, 5.41) is 18.9. The molecule has 0 bridgehead atoms. The highest BCUT2D eigenvalue weighted by atomic mass is 16.6. The number of hydrogen-bond donors (Lipinski definition) is 2. The fourth-order valence-corrected chi connectivity index (χ4v) is 0.928. The molecule has 14 heavy (non-hydrogen) atoms. The van der Waals surface area contributed by atoms with E-state index >= 15 is 0 Å². The first-order valence-electron chi connectivity index (χ1n) is 4.52. The van der Waals surface area contributed by atoms with Crippen LogP contribution in [0.4, 0.5) is 0 Å². The van der Waals surface area contributed by atoms with Gasteiger partial charge in [-0.2, -0.15) is 0 Å². The highest BCUT2D eigenvalue weighted by molar-refractivity contribution is 5.03. The molecule has 1 aromatic heterocycles. The van der Waals surface area contributed by atoms with E-state index < -0.39 is 0 Å². The summed E-state index contributed by atoms with van der Waals surface area (Å²) in [5.74, 6) is 0. The van der Waals surface area contributed by atoms with E-state index in [0.717, 1.165) is 11.4 Å². The maximum Gasteiger partial charge on any atom is 0.121 e. The number of rotatable bonds is 7. The molecule has 0 unspecified atom stereocenters. The number of aryl methyl sites for hydroxylation is 1. The third kappa shape index (κ3) is 3.82. The van der Waals surface area contributed by atoms with Crippen molar-refractivity contribution in [3.05, 3.63) is 11.4 Å². The zero-order valence-electron chi connectivity index (χ0n) is 8.19. The van der Waals surface area contributed by atoms with Crippen molar-refractivity contribution in [1.29, 1.82) is 0 Å². The smallest absolute Gasteiger partial charge is 0.121 e. The number of ether oxygens (including phenoxy) is 1. The van der Waals surface area contributed by atoms with Crippen LogP contribution >= 0.6 is 0 Å². The zero-order valence-corrected chi connectivity index (χ0v) is 8.19. The predicted octanol–water partition coefficient (Wildman–Crippen LogP) is -0.523. The number of nitrogens with one attached hydrogen (secondary N) is 1. The number of hydrogen-bond acceptors (Lipinski definition) is 6. The molecule has 1 aromatic rings. The van der Waals surface area contributed by atoms with Crippen LogP contribution in [0.25, 0.3) is 0 Å². The van der Waals surface area contributed by atoms with Crippen molar-refractivity contribution in [3.8, 4) is 0 Å². The molecule has 0 aliphatic carbocycles. The van der Waals surface area contributed by atoms with Gasteiger partial charge in [0.15, 0.2) is 0 Å². The summed E-state index contributed by atoms with van der Waals surface area (Å²) in [4.78, 5) is 0. The van der Waals surface area contributed by atoms with Gasteiger partial charge < -0.3 is 15.2 Å². The first kappa shape index (κ1) is 11.1. The van der Waals surface area contributed by atoms with Crippen LogP contribution in [0, 0.1) is 6.92 Å². The summed E-state index contributed by atoms with van der Waals surface area (Å²) in [6.07, 6.45) is 0.